The number of carbonyl (C=O) groups excluding carboxylic acids is 13. The van der Waals surface area contributed by atoms with E-state index in [1.165, 1.54) is 41.3 Å². The number of nitrogens with zero attached hydrogens (tertiary/aromatic N) is 13. The minimum absolute atomic E-state index is 0.0363. The lowest BCUT2D eigenvalue weighted by atomic mass is 9.92. The molecule has 4 atom stereocenters. The normalized spacial score (nSPS) is 22.2. The van der Waals surface area contributed by atoms with Gasteiger partial charge in [-0.25, -0.2) is 19.9 Å². The van der Waals surface area contributed by atoms with E-state index in [2.05, 4.69) is 85.4 Å². The number of amides is 12. The average Bonchev–Trinajstić information content (AvgIpc) is 1.61. The van der Waals surface area contributed by atoms with Crippen molar-refractivity contribution in [3.05, 3.63) is 117 Å². The quantitative estimate of drug-likeness (QED) is 0.0413. The van der Waals surface area contributed by atoms with Gasteiger partial charge in [-0.05, 0) is 169 Å². The van der Waals surface area contributed by atoms with E-state index in [1.54, 1.807) is 24.5 Å². The van der Waals surface area contributed by atoms with Gasteiger partial charge in [0.1, 0.15) is 40.0 Å². The summed E-state index contributed by atoms with van der Waals surface area (Å²) in [5.74, 6) is -3.48. The van der Waals surface area contributed by atoms with Crippen molar-refractivity contribution in [2.45, 2.75) is 134 Å². The molecule has 10 aliphatic heterocycles. The third kappa shape index (κ3) is 17.2. The van der Waals surface area contributed by atoms with Crippen molar-refractivity contribution in [1.82, 2.24) is 79.8 Å². The molecule has 37 heteroatoms. The predicted octanol–water partition coefficient (Wildman–Crippen LogP) is 1.92. The van der Waals surface area contributed by atoms with Gasteiger partial charge in [0.2, 0.25) is 35.4 Å². The van der Waals surface area contributed by atoms with Crippen LogP contribution in [0.25, 0.3) is 0 Å². The number of aldehydes is 1. The van der Waals surface area contributed by atoms with Gasteiger partial charge in [0.25, 0.3) is 35.4 Å². The maximum Gasteiger partial charge on any atom is 0.271 e. The van der Waals surface area contributed by atoms with Crippen LogP contribution in [-0.4, -0.2) is 245 Å². The minimum Gasteiger partial charge on any atom is -0.364 e. The average molecular weight is 1560 g/mol. The zero-order valence-electron chi connectivity index (χ0n) is 61.2. The third-order valence-electron chi connectivity index (χ3n) is 22.0. The highest BCUT2D eigenvalue weighted by Crippen LogP contribution is 2.34. The summed E-state index contributed by atoms with van der Waals surface area (Å²) < 4.78 is 8.52. The molecule has 0 bridgehead atoms. The van der Waals surface area contributed by atoms with E-state index in [1.807, 2.05) is 32.0 Å². The van der Waals surface area contributed by atoms with Gasteiger partial charge >= 0.3 is 0 Å². The van der Waals surface area contributed by atoms with E-state index >= 15 is 0 Å². The second-order valence-corrected chi connectivity index (χ2v) is 31.2. The Labute approximate surface area is 645 Å². The molecular formula is C74H86N22O13S2. The van der Waals surface area contributed by atoms with Crippen LogP contribution < -0.4 is 58.5 Å². The molecule has 0 spiro atoms. The number of piperidine rings is 6. The maximum atomic E-state index is 13.4. The predicted molar refractivity (Wildman–Crippen MR) is 404 cm³/mol. The highest BCUT2D eigenvalue weighted by molar-refractivity contribution is 7.10. The molecule has 8 saturated heterocycles. The summed E-state index contributed by atoms with van der Waals surface area (Å²) >= 11 is 2.54. The molecule has 582 valence electrons. The summed E-state index contributed by atoms with van der Waals surface area (Å²) in [5.41, 5.74) is 15.0. The van der Waals surface area contributed by atoms with Crippen molar-refractivity contribution >= 4 is 134 Å². The molecule has 0 aliphatic carbocycles. The van der Waals surface area contributed by atoms with Gasteiger partial charge < -0.3 is 47.9 Å². The number of hydrogen-bond donors (Lipinski definition) is 9. The van der Waals surface area contributed by atoms with Gasteiger partial charge in [-0.15, -0.1) is 0 Å². The Bertz CT molecular complexity index is 4700. The fourth-order valence-corrected chi connectivity index (χ4v) is 17.2. The van der Waals surface area contributed by atoms with E-state index in [-0.39, 0.29) is 101 Å². The van der Waals surface area contributed by atoms with Crippen molar-refractivity contribution in [3.8, 4) is 0 Å². The van der Waals surface area contributed by atoms with Gasteiger partial charge in [-0.3, -0.25) is 97.5 Å². The Morgan fingerprint density at radius 3 is 1.41 bits per heavy atom. The van der Waals surface area contributed by atoms with Crippen LogP contribution in [0.5, 0.6) is 0 Å². The SMILES string of the molecule is Cc1cc(Nc2nc(N3CCC[C@@H](NC(=O)C4CCN(C5CN(Cc6ccc7c(c6)C(=O)N(C6CCC(=O)NC6=O)C7=O)C5)CC4)C3)cnc2C(N)=O)sn1.Cc1cc(Nc2nc(N3CCC[C@@H](NC(=O)C4CCN(C5CNC5)CC4)C3)cnc2C(N)=O)sn1.O=Cc1ccc2c(c1)C(=O)N(C1CCC(=O)NC1=O)C2=O. The lowest BCUT2D eigenvalue weighted by Crippen LogP contribution is -2.60. The minimum atomic E-state index is -0.991. The topological polar surface area (TPSA) is 458 Å². The molecule has 0 radical (unpaired) electrons. The van der Waals surface area contributed by atoms with Crippen LogP contribution in [0.4, 0.5) is 33.3 Å². The van der Waals surface area contributed by atoms with Crippen LogP contribution in [0.2, 0.25) is 0 Å². The van der Waals surface area contributed by atoms with Gasteiger partial charge in [0.15, 0.2) is 23.0 Å². The summed E-state index contributed by atoms with van der Waals surface area (Å²) in [5, 5.41) is 22.0. The number of primary amides is 2. The lowest BCUT2D eigenvalue weighted by molar-refractivity contribution is -0.137. The Hall–Kier alpha value is -11.0. The molecular weight excluding hydrogens is 1470 g/mol. The summed E-state index contributed by atoms with van der Waals surface area (Å²) in [4.78, 5) is 190. The van der Waals surface area contributed by atoms with Gasteiger partial charge in [0, 0.05) is 113 Å². The van der Waals surface area contributed by atoms with Crippen LogP contribution in [-0.2, 0) is 35.3 Å². The Morgan fingerprint density at radius 2 is 0.991 bits per heavy atom. The standard InChI is InChI=1S/C37H43N11O6S.C23H33N9O2S.C14H10N2O5/c1-20-13-30(55-44-20)43-33-31(32(38)50)39-15-28(41-33)47-10-2-3-23(17-47)40-34(51)22-8-11-46(12-9-22)24-18-45(19-24)16-21-4-5-25-26(14-21)37(54)48(36(25)53)27-6-7-29(49)42-35(27)52;1-14-9-19(35-30-14)29-22-20(21(24)33)26-12-18(28-22)32-6-2-3-16(13-32)27-23(34)15-4-7-31(8-5-15)17-10-25-11-17;17-6-7-1-2-8-9(5-7)14(21)16(13(8)20)10-3-4-11(18)15-12(10)19/h4-5,13-15,22-24,27H,2-3,6-12,16-19H2,1H3,(H2,38,50)(H,40,51)(H,41,43)(H,42,49,52);9,12,15-17,25H,2-8,10-11,13H2,1H3,(H2,24,33)(H,27,34)(H,28,29);1-2,5-6,10H,3-4H2,(H,15,18,19)/t23-,27?;16-;/m11./s1. The van der Waals surface area contributed by atoms with Crippen LogP contribution in [0.1, 0.15) is 167 Å². The fourth-order valence-electron chi connectivity index (χ4n) is 15.8. The zero-order chi connectivity index (χ0) is 77.9. The number of rotatable bonds is 19. The molecule has 2 aromatic carbocycles. The van der Waals surface area contributed by atoms with E-state index < -0.39 is 71.2 Å². The first-order valence-electron chi connectivity index (χ1n) is 37.4. The van der Waals surface area contributed by atoms with E-state index in [9.17, 15) is 62.3 Å². The molecule has 2 unspecified atom stereocenters. The number of benzene rings is 2. The number of fused-ring (bicyclic) bond motifs is 2. The second kappa shape index (κ2) is 33.3. The smallest absolute Gasteiger partial charge is 0.271 e. The molecule has 8 fully saturated rings. The Kier molecular flexibility index (Phi) is 23.0. The number of anilines is 6. The molecule has 11 N–H and O–H groups in total. The molecule has 4 aromatic heterocycles. The first-order chi connectivity index (χ1) is 53.5. The van der Waals surface area contributed by atoms with Gasteiger partial charge in [0.05, 0.1) is 46.0 Å². The van der Waals surface area contributed by atoms with Crippen LogP contribution >= 0.6 is 23.1 Å². The third-order valence-corrected chi connectivity index (χ3v) is 23.5. The molecule has 12 amide bonds. The highest BCUT2D eigenvalue weighted by atomic mass is 32.1. The van der Waals surface area contributed by atoms with Crippen molar-refractivity contribution in [2.24, 2.45) is 23.3 Å². The maximum absolute atomic E-state index is 13.4. The summed E-state index contributed by atoms with van der Waals surface area (Å²) in [6.07, 6.45) is 11.1. The summed E-state index contributed by atoms with van der Waals surface area (Å²) in [7, 11) is 0. The first kappa shape index (κ1) is 76.8. The first-order valence-corrected chi connectivity index (χ1v) is 39.0. The Balaban J connectivity index is 0.000000155. The molecule has 14 heterocycles. The van der Waals surface area contributed by atoms with E-state index in [0.29, 0.717) is 61.0 Å². The van der Waals surface area contributed by atoms with Crippen molar-refractivity contribution in [1.29, 1.82) is 0 Å². The van der Waals surface area contributed by atoms with Crippen LogP contribution in [0.15, 0.2) is 60.9 Å². The zero-order valence-corrected chi connectivity index (χ0v) is 62.9. The van der Waals surface area contributed by atoms with Crippen molar-refractivity contribution in [2.75, 3.05) is 99.0 Å². The van der Waals surface area contributed by atoms with Gasteiger partial charge in [-0.2, -0.15) is 8.75 Å². The molecule has 10 aliphatic rings. The number of aromatic nitrogens is 6. The number of aryl methyl sites for hydroxylation is 2. The number of nitrogens with two attached hydrogens (primary N) is 2. The summed E-state index contributed by atoms with van der Waals surface area (Å²) in [6, 6.07) is 12.2. The molecule has 0 saturated carbocycles. The molecule has 6 aromatic rings. The van der Waals surface area contributed by atoms with E-state index in [0.717, 1.165) is 154 Å². The fraction of sp³-hybridized carbons (Fsp3) is 0.473. The monoisotopic (exact) mass is 1550 g/mol. The highest BCUT2D eigenvalue weighted by Gasteiger charge is 2.47. The van der Waals surface area contributed by atoms with Crippen molar-refractivity contribution < 1.29 is 62.3 Å². The largest absolute Gasteiger partial charge is 0.364 e. The number of imide groups is 4. The number of hydrogen-bond acceptors (Lipinski definition) is 29. The van der Waals surface area contributed by atoms with Gasteiger partial charge in [-0.1, -0.05) is 12.1 Å². The second-order valence-electron chi connectivity index (χ2n) is 29.6. The molecule has 16 rings (SSSR count). The molecule has 111 heavy (non-hydrogen) atoms. The Morgan fingerprint density at radius 1 is 0.541 bits per heavy atom. The molecule has 35 nitrogen and oxygen atoms in total. The van der Waals surface area contributed by atoms with Crippen LogP contribution in [0, 0.1) is 25.7 Å². The lowest BCUT2D eigenvalue weighted by Gasteiger charge is -2.47. The number of nitrogens with one attached hydrogen (secondary N) is 7. The van der Waals surface area contributed by atoms with Crippen molar-refractivity contribution in [3.63, 3.8) is 0 Å². The summed E-state index contributed by atoms with van der Waals surface area (Å²) in [6.45, 7) is 14.8. The number of likely N-dealkylation sites (tertiary alicyclic amines) is 3. The number of carbonyl (C=O) groups is 13. The van der Waals surface area contributed by atoms with E-state index in [4.69, 9.17) is 16.5 Å². The van der Waals surface area contributed by atoms with Crippen LogP contribution in [0.3, 0.4) is 0 Å².